The molecule has 0 rings (SSSR count). The Morgan fingerprint density at radius 1 is 0.545 bits per heavy atom. The molecule has 7 N–H and O–H groups in total. The largest absolute Gasteiger partial charge is 0.472 e. The minimum Gasteiger partial charge on any atom is -0.462 e. The van der Waals surface area contributed by atoms with E-state index in [2.05, 4.69) is 71.5 Å². The van der Waals surface area contributed by atoms with E-state index in [-0.39, 0.29) is 25.7 Å². The standard InChI is InChI=1S/C48H76O16P2/c1-3-5-7-8-9-10-11-12-13-14-15-16-17-18-19-20-21-26-30-36-48(54)64-44(41-63-66(58,59)62-39-43(50)38-61-65(55,56)57)40-60-47(53)37-31-35-46(52)45(51)34-29-25-23-22-24-28-33-42(49)32-27-6-4-2/h5,7,9-10,12-13,15-16,18-19,21-26,28-29,33-34,42-46,49-52H,3-4,6,8,11,14,17,20,27,30-32,35-41H2,1-2H3,(H,58,59)(H2,55,56,57)/b7-5-,10-9-,13-12-,16-15-,19-18-,24-22-,25-23+,26-21-,33-28+,34-29+/t42-,43+,44-,45-,46-/m1/s1. The van der Waals surface area contributed by atoms with E-state index in [0.717, 1.165) is 51.4 Å². The molecule has 6 atom stereocenters. The third kappa shape index (κ3) is 43.0. The summed E-state index contributed by atoms with van der Waals surface area (Å²) in [5.41, 5.74) is 0. The zero-order valence-electron chi connectivity index (χ0n) is 38.6. The molecule has 374 valence electrons. The molecule has 0 fully saturated rings. The van der Waals surface area contributed by atoms with Gasteiger partial charge in [0.1, 0.15) is 12.7 Å². The second-order valence-corrected chi connectivity index (χ2v) is 17.5. The van der Waals surface area contributed by atoms with E-state index in [4.69, 9.17) is 23.8 Å². The van der Waals surface area contributed by atoms with Crippen LogP contribution in [0.5, 0.6) is 0 Å². The number of allylic oxidation sites excluding steroid dienone is 18. The van der Waals surface area contributed by atoms with E-state index in [9.17, 15) is 44.0 Å². The zero-order valence-corrected chi connectivity index (χ0v) is 40.4. The number of aliphatic hydroxyl groups is 4. The molecular formula is C48H76O16P2. The number of unbranched alkanes of at least 4 members (excludes halogenated alkanes) is 2. The molecule has 0 aliphatic rings. The van der Waals surface area contributed by atoms with Crippen LogP contribution < -0.4 is 0 Å². The van der Waals surface area contributed by atoms with Crippen molar-refractivity contribution in [3.63, 3.8) is 0 Å². The topological polar surface area (TPSA) is 256 Å². The fraction of sp³-hybridized carbons (Fsp3) is 0.542. The van der Waals surface area contributed by atoms with Gasteiger partial charge in [-0.05, 0) is 64.2 Å². The normalized spacial score (nSPS) is 16.4. The predicted molar refractivity (Wildman–Crippen MR) is 257 cm³/mol. The van der Waals surface area contributed by atoms with Gasteiger partial charge in [-0.3, -0.25) is 23.2 Å². The Balaban J connectivity index is 4.95. The Morgan fingerprint density at radius 2 is 1.06 bits per heavy atom. The Morgan fingerprint density at radius 3 is 1.62 bits per heavy atom. The van der Waals surface area contributed by atoms with Crippen molar-refractivity contribution in [3.8, 4) is 0 Å². The molecule has 0 heterocycles. The molecule has 0 aromatic heterocycles. The fourth-order valence-corrected chi connectivity index (χ4v) is 6.32. The summed E-state index contributed by atoms with van der Waals surface area (Å²) in [6.45, 7) is 1.04. The summed E-state index contributed by atoms with van der Waals surface area (Å²) in [7, 11) is -9.84. The van der Waals surface area contributed by atoms with Crippen LogP contribution in [0.15, 0.2) is 122 Å². The Kier molecular flexibility index (Phi) is 39.3. The first-order valence-electron chi connectivity index (χ1n) is 22.6. The van der Waals surface area contributed by atoms with Crippen LogP contribution in [-0.4, -0.2) is 104 Å². The van der Waals surface area contributed by atoms with Crippen molar-refractivity contribution in [3.05, 3.63) is 122 Å². The van der Waals surface area contributed by atoms with Gasteiger partial charge >= 0.3 is 27.6 Å². The lowest BCUT2D eigenvalue weighted by Crippen LogP contribution is -2.30. The molecule has 0 radical (unpaired) electrons. The molecule has 0 saturated heterocycles. The van der Waals surface area contributed by atoms with Crippen LogP contribution in [0.3, 0.4) is 0 Å². The van der Waals surface area contributed by atoms with Gasteiger partial charge in [-0.2, -0.15) is 0 Å². The Labute approximate surface area is 392 Å². The van der Waals surface area contributed by atoms with Crippen LogP contribution in [0, 0.1) is 0 Å². The molecule has 0 saturated carbocycles. The number of hydrogen-bond acceptors (Lipinski definition) is 13. The van der Waals surface area contributed by atoms with Crippen molar-refractivity contribution >= 4 is 27.6 Å². The fourth-order valence-electron chi connectivity index (χ4n) is 5.17. The van der Waals surface area contributed by atoms with Crippen molar-refractivity contribution in [2.45, 2.75) is 141 Å². The van der Waals surface area contributed by atoms with Crippen LogP contribution in [-0.2, 0) is 41.8 Å². The molecule has 16 nitrogen and oxygen atoms in total. The first kappa shape index (κ1) is 62.4. The van der Waals surface area contributed by atoms with E-state index in [1.54, 1.807) is 48.6 Å². The number of phosphoric acid groups is 2. The minimum atomic E-state index is -4.92. The summed E-state index contributed by atoms with van der Waals surface area (Å²) in [6.07, 6.45) is 41.4. The zero-order chi connectivity index (χ0) is 49.2. The maximum atomic E-state index is 12.7. The monoisotopic (exact) mass is 970 g/mol. The second-order valence-electron chi connectivity index (χ2n) is 14.8. The summed E-state index contributed by atoms with van der Waals surface area (Å²) in [5.74, 6) is -1.47. The van der Waals surface area contributed by atoms with Crippen LogP contribution in [0.25, 0.3) is 0 Å². The number of carbonyl (C=O) groups is 2. The SMILES string of the molecule is CC/C=C\C/C=C\C/C=C\C/C=C\C/C=C\C/C=C\CCC(=O)O[C@H](COC(=O)CCC[C@@H](O)[C@H](O)/C=C/C=C/C=C\C=C\[C@H](O)CCCCC)COP(=O)(O)OC[C@@H](O)COP(=O)(O)O. The van der Waals surface area contributed by atoms with Gasteiger partial charge in [0.25, 0.3) is 0 Å². The van der Waals surface area contributed by atoms with Gasteiger partial charge in [0, 0.05) is 12.8 Å². The van der Waals surface area contributed by atoms with Gasteiger partial charge in [-0.15, -0.1) is 0 Å². The number of phosphoric ester groups is 2. The molecule has 0 aliphatic carbocycles. The summed E-state index contributed by atoms with van der Waals surface area (Å²) < 4.78 is 47.5. The highest BCUT2D eigenvalue weighted by molar-refractivity contribution is 7.47. The number of hydrogen-bond donors (Lipinski definition) is 7. The quantitative estimate of drug-likeness (QED) is 0.00997. The van der Waals surface area contributed by atoms with Gasteiger partial charge in [0.05, 0.1) is 38.1 Å². The highest BCUT2D eigenvalue weighted by Crippen LogP contribution is 2.43. The van der Waals surface area contributed by atoms with Gasteiger partial charge in [-0.1, -0.05) is 155 Å². The number of carbonyl (C=O) groups excluding carboxylic acids is 2. The average Bonchev–Trinajstić information content (AvgIpc) is 3.27. The van der Waals surface area contributed by atoms with Crippen LogP contribution in [0.4, 0.5) is 0 Å². The van der Waals surface area contributed by atoms with Gasteiger partial charge in [-0.25, -0.2) is 9.13 Å². The third-order valence-electron chi connectivity index (χ3n) is 8.70. The van der Waals surface area contributed by atoms with Crippen LogP contribution in [0.2, 0.25) is 0 Å². The predicted octanol–water partition coefficient (Wildman–Crippen LogP) is 8.58. The highest BCUT2D eigenvalue weighted by Gasteiger charge is 2.28. The van der Waals surface area contributed by atoms with Crippen molar-refractivity contribution in [2.24, 2.45) is 0 Å². The maximum absolute atomic E-state index is 12.7. The lowest BCUT2D eigenvalue weighted by Gasteiger charge is -2.20. The molecule has 66 heavy (non-hydrogen) atoms. The molecule has 1 unspecified atom stereocenters. The molecular weight excluding hydrogens is 894 g/mol. The summed E-state index contributed by atoms with van der Waals surface area (Å²) >= 11 is 0. The smallest absolute Gasteiger partial charge is 0.462 e. The lowest BCUT2D eigenvalue weighted by atomic mass is 10.1. The molecule has 0 spiro atoms. The molecule has 0 aliphatic heterocycles. The number of esters is 2. The Hall–Kier alpha value is -3.60. The molecule has 0 aromatic rings. The van der Waals surface area contributed by atoms with E-state index in [1.165, 1.54) is 6.08 Å². The van der Waals surface area contributed by atoms with E-state index >= 15 is 0 Å². The van der Waals surface area contributed by atoms with Crippen molar-refractivity contribution in [1.82, 2.24) is 0 Å². The average molecular weight is 971 g/mol. The van der Waals surface area contributed by atoms with Gasteiger partial charge < -0.3 is 44.6 Å². The Bertz CT molecular complexity index is 1670. The summed E-state index contributed by atoms with van der Waals surface area (Å²) in [6, 6.07) is 0. The third-order valence-corrected chi connectivity index (χ3v) is 10.1. The molecule has 18 heteroatoms. The number of aliphatic hydroxyl groups excluding tert-OH is 4. The van der Waals surface area contributed by atoms with Gasteiger partial charge in [0.15, 0.2) is 6.10 Å². The van der Waals surface area contributed by atoms with E-state index in [0.29, 0.717) is 19.3 Å². The number of ether oxygens (including phenoxy) is 2. The molecule has 0 amide bonds. The molecule has 0 bridgehead atoms. The van der Waals surface area contributed by atoms with E-state index in [1.807, 2.05) is 18.2 Å². The first-order valence-corrected chi connectivity index (χ1v) is 25.6. The first-order chi connectivity index (χ1) is 31.6. The second kappa shape index (κ2) is 41.6. The van der Waals surface area contributed by atoms with Crippen LogP contribution >= 0.6 is 15.6 Å². The van der Waals surface area contributed by atoms with Gasteiger partial charge in [0.2, 0.25) is 0 Å². The summed E-state index contributed by atoms with van der Waals surface area (Å²) in [5, 5.41) is 40.2. The van der Waals surface area contributed by atoms with Crippen molar-refractivity contribution < 1.29 is 76.9 Å². The number of rotatable bonds is 40. The maximum Gasteiger partial charge on any atom is 0.472 e. The van der Waals surface area contributed by atoms with Crippen LogP contribution in [0.1, 0.15) is 110 Å². The van der Waals surface area contributed by atoms with Crippen molar-refractivity contribution in [2.75, 3.05) is 26.4 Å². The van der Waals surface area contributed by atoms with Crippen molar-refractivity contribution in [1.29, 1.82) is 0 Å². The lowest BCUT2D eigenvalue weighted by molar-refractivity contribution is -0.161. The minimum absolute atomic E-state index is 0.0435. The molecule has 0 aromatic carbocycles. The summed E-state index contributed by atoms with van der Waals surface area (Å²) in [4.78, 5) is 52.8. The highest BCUT2D eigenvalue weighted by atomic mass is 31.2. The van der Waals surface area contributed by atoms with E-state index < -0.39 is 84.5 Å².